The number of carbonyl (C=O) groups is 1. The van der Waals surface area contributed by atoms with E-state index in [4.69, 9.17) is 16.0 Å². The summed E-state index contributed by atoms with van der Waals surface area (Å²) in [4.78, 5) is 11.7. The predicted molar refractivity (Wildman–Crippen MR) is 98.3 cm³/mol. The molecule has 5 heteroatoms. The number of carbonyl (C=O) groups excluding carboxylic acids is 1. The first-order chi connectivity index (χ1) is 11.7. The Balaban J connectivity index is 1.76. The van der Waals surface area contributed by atoms with Crippen molar-refractivity contribution in [3.05, 3.63) is 47.2 Å². The molecule has 1 N–H and O–H groups in total. The monoisotopic (exact) mass is 346 g/mol. The highest BCUT2D eigenvalue weighted by atomic mass is 35.5. The molecule has 1 aromatic carbocycles. The Hall–Kier alpha value is -2.07. The third-order valence-corrected chi connectivity index (χ3v) is 3.90. The molecule has 2 aromatic rings. The highest BCUT2D eigenvalue weighted by Gasteiger charge is 2.04. The van der Waals surface area contributed by atoms with Crippen molar-refractivity contribution < 1.29 is 9.21 Å². The van der Waals surface area contributed by atoms with Crippen molar-refractivity contribution in [1.82, 2.24) is 5.43 Å². The van der Waals surface area contributed by atoms with Crippen LogP contribution in [0, 0.1) is 0 Å². The Morgan fingerprint density at radius 3 is 2.62 bits per heavy atom. The van der Waals surface area contributed by atoms with E-state index in [1.807, 2.05) is 36.4 Å². The molecule has 0 spiro atoms. The van der Waals surface area contributed by atoms with Crippen LogP contribution in [-0.2, 0) is 4.79 Å². The summed E-state index contributed by atoms with van der Waals surface area (Å²) in [6, 6.07) is 11.1. The first-order valence-corrected chi connectivity index (χ1v) is 8.74. The predicted octanol–water partition coefficient (Wildman–Crippen LogP) is 5.41. The molecular formula is C19H23ClN2O2. The average Bonchev–Trinajstić information content (AvgIpc) is 3.04. The van der Waals surface area contributed by atoms with E-state index in [1.165, 1.54) is 25.5 Å². The molecule has 128 valence electrons. The van der Waals surface area contributed by atoms with E-state index >= 15 is 0 Å². The van der Waals surface area contributed by atoms with Crippen LogP contribution in [0.25, 0.3) is 11.3 Å². The van der Waals surface area contributed by atoms with E-state index < -0.39 is 0 Å². The van der Waals surface area contributed by atoms with Gasteiger partial charge in [0.2, 0.25) is 5.91 Å². The summed E-state index contributed by atoms with van der Waals surface area (Å²) in [6.07, 6.45) is 7.64. The summed E-state index contributed by atoms with van der Waals surface area (Å²) in [6.45, 7) is 2.18. The van der Waals surface area contributed by atoms with Crippen LogP contribution in [0.4, 0.5) is 0 Å². The molecule has 0 aliphatic rings. The lowest BCUT2D eigenvalue weighted by Gasteiger charge is -1.99. The number of amides is 1. The summed E-state index contributed by atoms with van der Waals surface area (Å²) in [5.41, 5.74) is 3.47. The van der Waals surface area contributed by atoms with Crippen molar-refractivity contribution in [2.45, 2.75) is 45.4 Å². The molecule has 0 bridgehead atoms. The topological polar surface area (TPSA) is 54.6 Å². The molecule has 0 saturated carbocycles. The molecule has 2 rings (SSSR count). The van der Waals surface area contributed by atoms with Crippen LogP contribution < -0.4 is 5.43 Å². The lowest BCUT2D eigenvalue weighted by molar-refractivity contribution is -0.121. The molecule has 0 unspecified atom stereocenters. The van der Waals surface area contributed by atoms with Crippen LogP contribution in [0.1, 0.15) is 51.2 Å². The van der Waals surface area contributed by atoms with E-state index in [1.54, 1.807) is 0 Å². The van der Waals surface area contributed by atoms with Gasteiger partial charge in [-0.2, -0.15) is 5.10 Å². The number of hydrogen-bond donors (Lipinski definition) is 1. The second-order valence-electron chi connectivity index (χ2n) is 5.67. The number of benzene rings is 1. The quantitative estimate of drug-likeness (QED) is 0.375. The summed E-state index contributed by atoms with van der Waals surface area (Å²) in [5, 5.41) is 4.62. The molecule has 0 radical (unpaired) electrons. The summed E-state index contributed by atoms with van der Waals surface area (Å²) in [7, 11) is 0. The molecule has 1 amide bonds. The summed E-state index contributed by atoms with van der Waals surface area (Å²) >= 11 is 5.87. The first kappa shape index (κ1) is 18.3. The molecule has 0 aliphatic carbocycles. The minimum atomic E-state index is -0.0628. The van der Waals surface area contributed by atoms with Gasteiger partial charge in [-0.25, -0.2) is 5.43 Å². The Morgan fingerprint density at radius 1 is 1.12 bits per heavy atom. The number of nitrogens with zero attached hydrogens (tertiary/aromatic N) is 1. The first-order valence-electron chi connectivity index (χ1n) is 8.36. The molecule has 0 aliphatic heterocycles. The number of halogens is 1. The van der Waals surface area contributed by atoms with Gasteiger partial charge in [0.25, 0.3) is 0 Å². The van der Waals surface area contributed by atoms with Gasteiger partial charge in [0, 0.05) is 17.0 Å². The largest absolute Gasteiger partial charge is 0.455 e. The number of hydrazone groups is 1. The maximum atomic E-state index is 11.7. The number of rotatable bonds is 9. The van der Waals surface area contributed by atoms with Crippen LogP contribution >= 0.6 is 11.6 Å². The number of hydrogen-bond acceptors (Lipinski definition) is 3. The molecule has 4 nitrogen and oxygen atoms in total. The van der Waals surface area contributed by atoms with Crippen molar-refractivity contribution >= 4 is 23.7 Å². The minimum Gasteiger partial charge on any atom is -0.455 e. The highest BCUT2D eigenvalue weighted by Crippen LogP contribution is 2.23. The Labute approximate surface area is 147 Å². The fraction of sp³-hybridized carbons (Fsp3) is 0.368. The fourth-order valence-electron chi connectivity index (χ4n) is 2.30. The fourth-order valence-corrected chi connectivity index (χ4v) is 2.43. The van der Waals surface area contributed by atoms with Crippen LogP contribution in [0.15, 0.2) is 45.9 Å². The highest BCUT2D eigenvalue weighted by molar-refractivity contribution is 6.30. The third kappa shape index (κ3) is 6.20. The van der Waals surface area contributed by atoms with Crippen molar-refractivity contribution in [2.75, 3.05) is 0 Å². The number of nitrogens with one attached hydrogen (secondary N) is 1. The van der Waals surface area contributed by atoms with Crippen LogP contribution in [-0.4, -0.2) is 12.1 Å². The van der Waals surface area contributed by atoms with E-state index in [0.29, 0.717) is 17.2 Å². The maximum Gasteiger partial charge on any atom is 0.240 e. The Morgan fingerprint density at radius 2 is 1.88 bits per heavy atom. The SMILES string of the molecule is CCCCCCCC(=O)N/N=C\c1ccc(-c2ccc(Cl)cc2)o1. The molecule has 24 heavy (non-hydrogen) atoms. The second kappa shape index (κ2) is 9.93. The van der Waals surface area contributed by atoms with E-state index in [-0.39, 0.29) is 5.91 Å². The third-order valence-electron chi connectivity index (χ3n) is 3.64. The molecule has 1 heterocycles. The van der Waals surface area contributed by atoms with Gasteiger partial charge in [0.1, 0.15) is 11.5 Å². The zero-order valence-electron chi connectivity index (χ0n) is 13.9. The lowest BCUT2D eigenvalue weighted by atomic mass is 10.1. The van der Waals surface area contributed by atoms with Gasteiger partial charge in [0.15, 0.2) is 0 Å². The van der Waals surface area contributed by atoms with E-state index in [9.17, 15) is 4.79 Å². The standard InChI is InChI=1S/C19H23ClN2O2/c1-2-3-4-5-6-7-19(23)22-21-14-17-12-13-18(24-17)15-8-10-16(20)11-9-15/h8-14H,2-7H2,1H3,(H,22,23)/b21-14-. The zero-order valence-corrected chi connectivity index (χ0v) is 14.7. The van der Waals surface area contributed by atoms with Gasteiger partial charge in [-0.1, -0.05) is 44.2 Å². The van der Waals surface area contributed by atoms with Crippen LogP contribution in [0.2, 0.25) is 5.02 Å². The van der Waals surface area contributed by atoms with Gasteiger partial charge in [-0.15, -0.1) is 0 Å². The van der Waals surface area contributed by atoms with Crippen molar-refractivity contribution in [2.24, 2.45) is 5.10 Å². The maximum absolute atomic E-state index is 11.7. The number of furan rings is 1. The molecule has 1 aromatic heterocycles. The normalized spacial score (nSPS) is 11.1. The van der Waals surface area contributed by atoms with Gasteiger partial charge >= 0.3 is 0 Å². The van der Waals surface area contributed by atoms with Crippen molar-refractivity contribution in [3.63, 3.8) is 0 Å². The molecule has 0 fully saturated rings. The summed E-state index contributed by atoms with van der Waals surface area (Å²) < 4.78 is 5.67. The van der Waals surface area contributed by atoms with Crippen molar-refractivity contribution in [3.8, 4) is 11.3 Å². The van der Waals surface area contributed by atoms with Gasteiger partial charge < -0.3 is 4.42 Å². The van der Waals surface area contributed by atoms with E-state index in [0.717, 1.165) is 24.2 Å². The lowest BCUT2D eigenvalue weighted by Crippen LogP contribution is -2.16. The van der Waals surface area contributed by atoms with Gasteiger partial charge in [-0.3, -0.25) is 4.79 Å². The van der Waals surface area contributed by atoms with Gasteiger partial charge in [-0.05, 0) is 42.8 Å². The van der Waals surface area contributed by atoms with Crippen LogP contribution in [0.3, 0.4) is 0 Å². The Bertz CT molecular complexity index is 662. The summed E-state index contributed by atoms with van der Waals surface area (Å²) in [5.74, 6) is 1.26. The van der Waals surface area contributed by atoms with Crippen molar-refractivity contribution in [1.29, 1.82) is 0 Å². The van der Waals surface area contributed by atoms with Crippen LogP contribution in [0.5, 0.6) is 0 Å². The second-order valence-corrected chi connectivity index (χ2v) is 6.10. The number of unbranched alkanes of at least 4 members (excludes halogenated alkanes) is 4. The minimum absolute atomic E-state index is 0.0628. The molecule has 0 atom stereocenters. The molecule has 0 saturated heterocycles. The molecular weight excluding hydrogens is 324 g/mol. The average molecular weight is 347 g/mol. The smallest absolute Gasteiger partial charge is 0.240 e. The van der Waals surface area contributed by atoms with E-state index in [2.05, 4.69) is 17.5 Å². The zero-order chi connectivity index (χ0) is 17.2. The van der Waals surface area contributed by atoms with Gasteiger partial charge in [0.05, 0.1) is 6.21 Å². The Kier molecular flexibility index (Phi) is 7.56.